The number of para-hydroxylation sites is 1. The van der Waals surface area contributed by atoms with E-state index in [4.69, 9.17) is 13.9 Å². The Hall–Kier alpha value is -3.65. The number of imide groups is 1. The van der Waals surface area contributed by atoms with E-state index < -0.39 is 24.5 Å². The van der Waals surface area contributed by atoms with Crippen molar-refractivity contribution in [3.05, 3.63) is 64.9 Å². The highest BCUT2D eigenvalue weighted by atomic mass is 16.5. The first-order chi connectivity index (χ1) is 15.3. The molecule has 3 amide bonds. The van der Waals surface area contributed by atoms with E-state index in [1.54, 1.807) is 24.3 Å². The van der Waals surface area contributed by atoms with Crippen LogP contribution in [0.15, 0.2) is 46.9 Å². The van der Waals surface area contributed by atoms with Crippen molar-refractivity contribution >= 4 is 34.6 Å². The number of aryl methyl sites for hydroxylation is 1. The number of urea groups is 1. The third-order valence-electron chi connectivity index (χ3n) is 4.88. The summed E-state index contributed by atoms with van der Waals surface area (Å²) in [5, 5.41) is 5.48. The summed E-state index contributed by atoms with van der Waals surface area (Å²) in [6, 6.07) is 11.9. The molecule has 0 aliphatic heterocycles. The number of esters is 1. The Kier molecular flexibility index (Phi) is 7.27. The van der Waals surface area contributed by atoms with Crippen molar-refractivity contribution in [2.45, 2.75) is 40.4 Å². The smallest absolute Gasteiger partial charge is 0.375 e. The number of hydrogen-bond acceptors (Lipinski definition) is 6. The molecule has 2 aromatic carbocycles. The quantitative estimate of drug-likeness (QED) is 0.527. The SMILES string of the molecule is Cc1cccc(NC(=O)NC(=O)COC(=O)c2oc3ccccc3c2COC(C)C)c1C. The molecule has 0 aliphatic carbocycles. The number of amides is 3. The van der Waals surface area contributed by atoms with Crippen LogP contribution in [0.1, 0.15) is 41.1 Å². The van der Waals surface area contributed by atoms with Gasteiger partial charge in [0, 0.05) is 16.6 Å². The molecule has 1 aromatic heterocycles. The van der Waals surface area contributed by atoms with E-state index in [-0.39, 0.29) is 18.5 Å². The lowest BCUT2D eigenvalue weighted by molar-refractivity contribution is -0.123. The Morgan fingerprint density at radius 1 is 1.03 bits per heavy atom. The Balaban J connectivity index is 1.62. The highest BCUT2D eigenvalue weighted by Gasteiger charge is 2.23. The lowest BCUT2D eigenvalue weighted by atomic mass is 10.1. The van der Waals surface area contributed by atoms with Crippen LogP contribution >= 0.6 is 0 Å². The van der Waals surface area contributed by atoms with Gasteiger partial charge in [0.25, 0.3) is 5.91 Å². The standard InChI is InChI=1S/C24H26N2O6/c1-14(2)30-12-18-17-9-5-6-11-20(17)32-22(18)23(28)31-13-21(27)26-24(29)25-19-10-7-8-15(3)16(19)4/h5-11,14H,12-13H2,1-4H3,(H2,25,26,27,29). The Labute approximate surface area is 185 Å². The first kappa shape index (κ1) is 23.0. The first-order valence-corrected chi connectivity index (χ1v) is 10.2. The molecule has 168 valence electrons. The molecule has 0 aliphatic rings. The van der Waals surface area contributed by atoms with E-state index in [1.165, 1.54) is 0 Å². The fraction of sp³-hybridized carbons (Fsp3) is 0.292. The van der Waals surface area contributed by atoms with Crippen molar-refractivity contribution in [3.8, 4) is 0 Å². The van der Waals surface area contributed by atoms with Gasteiger partial charge in [0.15, 0.2) is 6.61 Å². The van der Waals surface area contributed by atoms with Gasteiger partial charge in [-0.15, -0.1) is 0 Å². The average Bonchev–Trinajstić information content (AvgIpc) is 3.12. The highest BCUT2D eigenvalue weighted by molar-refractivity contribution is 6.03. The zero-order chi connectivity index (χ0) is 23.3. The van der Waals surface area contributed by atoms with Gasteiger partial charge in [0.1, 0.15) is 5.58 Å². The van der Waals surface area contributed by atoms with Gasteiger partial charge in [-0.05, 0) is 51.0 Å². The van der Waals surface area contributed by atoms with E-state index in [9.17, 15) is 14.4 Å². The molecule has 8 nitrogen and oxygen atoms in total. The monoisotopic (exact) mass is 438 g/mol. The minimum atomic E-state index is -0.811. The Morgan fingerprint density at radius 2 is 1.78 bits per heavy atom. The summed E-state index contributed by atoms with van der Waals surface area (Å²) in [7, 11) is 0. The molecule has 0 atom stereocenters. The van der Waals surface area contributed by atoms with Gasteiger partial charge in [-0.3, -0.25) is 10.1 Å². The van der Waals surface area contributed by atoms with Crippen molar-refractivity contribution in [1.29, 1.82) is 0 Å². The number of nitrogens with one attached hydrogen (secondary N) is 2. The lowest BCUT2D eigenvalue weighted by Crippen LogP contribution is -2.37. The second-order valence-corrected chi connectivity index (χ2v) is 7.59. The number of carbonyl (C=O) groups excluding carboxylic acids is 3. The van der Waals surface area contributed by atoms with Crippen molar-refractivity contribution in [2.24, 2.45) is 0 Å². The lowest BCUT2D eigenvalue weighted by Gasteiger charge is -2.11. The molecule has 2 N–H and O–H groups in total. The predicted octanol–water partition coefficient (Wildman–Crippen LogP) is 4.48. The maximum absolute atomic E-state index is 12.6. The van der Waals surface area contributed by atoms with Crippen molar-refractivity contribution in [1.82, 2.24) is 5.32 Å². The van der Waals surface area contributed by atoms with E-state index >= 15 is 0 Å². The maximum Gasteiger partial charge on any atom is 0.375 e. The molecule has 3 rings (SSSR count). The third-order valence-corrected chi connectivity index (χ3v) is 4.88. The molecule has 0 fully saturated rings. The largest absolute Gasteiger partial charge is 0.450 e. The minimum Gasteiger partial charge on any atom is -0.450 e. The van der Waals surface area contributed by atoms with Gasteiger partial charge in [-0.25, -0.2) is 9.59 Å². The summed E-state index contributed by atoms with van der Waals surface area (Å²) < 4.78 is 16.4. The summed E-state index contributed by atoms with van der Waals surface area (Å²) >= 11 is 0. The molecule has 0 saturated heterocycles. The van der Waals surface area contributed by atoms with Gasteiger partial charge in [0.05, 0.1) is 12.7 Å². The topological polar surface area (TPSA) is 107 Å². The normalized spacial score (nSPS) is 10.9. The third kappa shape index (κ3) is 5.53. The molecule has 3 aromatic rings. The zero-order valence-corrected chi connectivity index (χ0v) is 18.5. The van der Waals surface area contributed by atoms with Crippen LogP contribution in [0.5, 0.6) is 0 Å². The van der Waals surface area contributed by atoms with Gasteiger partial charge >= 0.3 is 12.0 Å². The second kappa shape index (κ2) is 10.1. The van der Waals surface area contributed by atoms with Crippen LogP contribution in [0.25, 0.3) is 11.0 Å². The average molecular weight is 438 g/mol. The van der Waals surface area contributed by atoms with Crippen LogP contribution in [0.3, 0.4) is 0 Å². The molecule has 0 saturated carbocycles. The highest BCUT2D eigenvalue weighted by Crippen LogP contribution is 2.27. The van der Waals surface area contributed by atoms with Crippen LogP contribution in [-0.4, -0.2) is 30.6 Å². The Morgan fingerprint density at radius 3 is 2.53 bits per heavy atom. The molecule has 0 radical (unpaired) electrons. The fourth-order valence-electron chi connectivity index (χ4n) is 3.06. The van der Waals surface area contributed by atoms with Crippen LogP contribution < -0.4 is 10.6 Å². The summed E-state index contributed by atoms with van der Waals surface area (Å²) in [6.07, 6.45) is -0.0474. The number of benzene rings is 2. The van der Waals surface area contributed by atoms with Crippen LogP contribution in [-0.2, 0) is 20.9 Å². The van der Waals surface area contributed by atoms with Crippen LogP contribution in [0.2, 0.25) is 0 Å². The van der Waals surface area contributed by atoms with Gasteiger partial charge in [0.2, 0.25) is 5.76 Å². The molecule has 0 spiro atoms. The number of furan rings is 1. The van der Waals surface area contributed by atoms with Crippen LogP contribution in [0.4, 0.5) is 10.5 Å². The summed E-state index contributed by atoms with van der Waals surface area (Å²) in [6.45, 7) is 7.07. The number of rotatable bonds is 7. The zero-order valence-electron chi connectivity index (χ0n) is 18.5. The summed E-state index contributed by atoms with van der Waals surface area (Å²) in [5.41, 5.74) is 3.55. The maximum atomic E-state index is 12.6. The first-order valence-electron chi connectivity index (χ1n) is 10.2. The predicted molar refractivity (Wildman–Crippen MR) is 119 cm³/mol. The Bertz CT molecular complexity index is 1150. The van der Waals surface area contributed by atoms with E-state index in [1.807, 2.05) is 45.9 Å². The molecular formula is C24H26N2O6. The molecule has 0 bridgehead atoms. The van der Waals surface area contributed by atoms with E-state index in [0.717, 1.165) is 16.5 Å². The van der Waals surface area contributed by atoms with Gasteiger partial charge < -0.3 is 19.2 Å². The summed E-state index contributed by atoms with van der Waals surface area (Å²) in [5.74, 6) is -1.61. The fourth-order valence-corrected chi connectivity index (χ4v) is 3.06. The van der Waals surface area contributed by atoms with E-state index in [0.29, 0.717) is 16.8 Å². The van der Waals surface area contributed by atoms with Crippen molar-refractivity contribution in [2.75, 3.05) is 11.9 Å². The molecule has 1 heterocycles. The van der Waals surface area contributed by atoms with E-state index in [2.05, 4.69) is 10.6 Å². The van der Waals surface area contributed by atoms with Gasteiger partial charge in [-0.2, -0.15) is 0 Å². The van der Waals surface area contributed by atoms with Crippen molar-refractivity contribution in [3.63, 3.8) is 0 Å². The molecule has 32 heavy (non-hydrogen) atoms. The number of fused-ring (bicyclic) bond motifs is 1. The number of carbonyl (C=O) groups is 3. The minimum absolute atomic E-state index is 0.0283. The summed E-state index contributed by atoms with van der Waals surface area (Å²) in [4.78, 5) is 36.8. The van der Waals surface area contributed by atoms with Crippen molar-refractivity contribution < 1.29 is 28.3 Å². The molecule has 0 unspecified atom stereocenters. The number of hydrogen-bond donors (Lipinski definition) is 2. The number of ether oxygens (including phenoxy) is 2. The van der Waals surface area contributed by atoms with Gasteiger partial charge in [-0.1, -0.05) is 30.3 Å². The number of anilines is 1. The second-order valence-electron chi connectivity index (χ2n) is 7.59. The molecular weight excluding hydrogens is 412 g/mol. The molecule has 8 heteroatoms. The van der Waals surface area contributed by atoms with Crippen LogP contribution in [0, 0.1) is 13.8 Å².